The number of piperidine rings is 1. The first-order valence-electron chi connectivity index (χ1n) is 8.02. The van der Waals surface area contributed by atoms with E-state index >= 15 is 0 Å². The average Bonchev–Trinajstić information content (AvgIpc) is 2.60. The van der Waals surface area contributed by atoms with E-state index in [-0.39, 0.29) is 24.2 Å². The van der Waals surface area contributed by atoms with Crippen molar-refractivity contribution in [3.05, 3.63) is 35.4 Å². The van der Waals surface area contributed by atoms with Crippen LogP contribution in [0.4, 0.5) is 0 Å². The van der Waals surface area contributed by atoms with Crippen LogP contribution >= 0.6 is 12.4 Å². The topological polar surface area (TPSA) is 79.5 Å². The summed E-state index contributed by atoms with van der Waals surface area (Å²) in [7, 11) is 1.58. The normalized spacial score (nSPS) is 15.9. The van der Waals surface area contributed by atoms with Gasteiger partial charge in [0.25, 0.3) is 11.8 Å². The van der Waals surface area contributed by atoms with Crippen LogP contribution in [0.3, 0.4) is 0 Å². The highest BCUT2D eigenvalue weighted by atomic mass is 35.5. The molecule has 1 heterocycles. The van der Waals surface area contributed by atoms with Crippen LogP contribution in [0, 0.1) is 0 Å². The van der Waals surface area contributed by atoms with Gasteiger partial charge in [0.2, 0.25) is 0 Å². The first-order chi connectivity index (χ1) is 11.1. The number of nitrogens with one attached hydrogen (secondary N) is 3. The van der Waals surface area contributed by atoms with Gasteiger partial charge in [-0.1, -0.05) is 12.1 Å². The number of methoxy groups -OCH3 is 1. The number of halogens is 1. The predicted octanol–water partition coefficient (Wildman–Crippen LogP) is 1.24. The average molecular weight is 356 g/mol. The van der Waals surface area contributed by atoms with Crippen molar-refractivity contribution in [1.29, 1.82) is 0 Å². The van der Waals surface area contributed by atoms with E-state index in [0.29, 0.717) is 31.5 Å². The van der Waals surface area contributed by atoms with Crippen molar-refractivity contribution in [2.24, 2.45) is 0 Å². The Balaban J connectivity index is 0.00000288. The first-order valence-corrected chi connectivity index (χ1v) is 8.02. The third kappa shape index (κ3) is 4.93. The van der Waals surface area contributed by atoms with Gasteiger partial charge in [-0.3, -0.25) is 9.59 Å². The number of hydrogen-bond donors (Lipinski definition) is 3. The standard InChI is InChI=1S/C17H25N3O3.ClH/c1-3-19-15(21)14-6-4-5-13(11-14)12-20-16(22)17(23-2)7-9-18-10-8-17;/h4-6,11,18H,3,7-10,12H2,1-2H3,(H,19,21)(H,20,22);1H. The highest BCUT2D eigenvalue weighted by Crippen LogP contribution is 2.22. The second kappa shape index (κ2) is 9.61. The summed E-state index contributed by atoms with van der Waals surface area (Å²) in [6.07, 6.45) is 1.32. The van der Waals surface area contributed by atoms with Crippen molar-refractivity contribution in [2.75, 3.05) is 26.7 Å². The Morgan fingerprint density at radius 2 is 1.96 bits per heavy atom. The lowest BCUT2D eigenvalue weighted by molar-refractivity contribution is -0.146. The van der Waals surface area contributed by atoms with Crippen LogP contribution in [0.15, 0.2) is 24.3 Å². The summed E-state index contributed by atoms with van der Waals surface area (Å²) in [5, 5.41) is 8.93. The third-order valence-corrected chi connectivity index (χ3v) is 4.20. The Kier molecular flexibility index (Phi) is 8.18. The van der Waals surface area contributed by atoms with Crippen LogP contribution in [0.2, 0.25) is 0 Å². The molecule has 3 N–H and O–H groups in total. The van der Waals surface area contributed by atoms with E-state index in [4.69, 9.17) is 4.74 Å². The van der Waals surface area contributed by atoms with Crippen molar-refractivity contribution in [2.45, 2.75) is 31.9 Å². The van der Waals surface area contributed by atoms with Gasteiger partial charge in [-0.25, -0.2) is 0 Å². The van der Waals surface area contributed by atoms with Crippen LogP contribution < -0.4 is 16.0 Å². The lowest BCUT2D eigenvalue weighted by Gasteiger charge is -2.34. The van der Waals surface area contributed by atoms with E-state index in [0.717, 1.165) is 18.7 Å². The SMILES string of the molecule is CCNC(=O)c1cccc(CNC(=O)C2(OC)CCNCC2)c1.Cl. The molecular formula is C17H26ClN3O3. The molecular weight excluding hydrogens is 330 g/mol. The van der Waals surface area contributed by atoms with Gasteiger partial charge in [0.15, 0.2) is 0 Å². The van der Waals surface area contributed by atoms with Gasteiger partial charge in [0.1, 0.15) is 5.60 Å². The van der Waals surface area contributed by atoms with Crippen LogP contribution in [0.5, 0.6) is 0 Å². The van der Waals surface area contributed by atoms with Crippen LogP contribution in [0.1, 0.15) is 35.7 Å². The van der Waals surface area contributed by atoms with Crippen molar-refractivity contribution >= 4 is 24.2 Å². The molecule has 1 aliphatic rings. The van der Waals surface area contributed by atoms with E-state index in [1.165, 1.54) is 0 Å². The van der Waals surface area contributed by atoms with E-state index in [9.17, 15) is 9.59 Å². The van der Waals surface area contributed by atoms with Crippen molar-refractivity contribution in [3.8, 4) is 0 Å². The molecule has 0 unspecified atom stereocenters. The van der Waals surface area contributed by atoms with Gasteiger partial charge in [-0.2, -0.15) is 0 Å². The van der Waals surface area contributed by atoms with Crippen molar-refractivity contribution in [1.82, 2.24) is 16.0 Å². The minimum absolute atomic E-state index is 0. The van der Waals surface area contributed by atoms with E-state index in [2.05, 4.69) is 16.0 Å². The van der Waals surface area contributed by atoms with Gasteiger partial charge < -0.3 is 20.7 Å². The van der Waals surface area contributed by atoms with Crippen LogP contribution in [0.25, 0.3) is 0 Å². The van der Waals surface area contributed by atoms with Crippen LogP contribution in [-0.4, -0.2) is 44.2 Å². The van der Waals surface area contributed by atoms with Gasteiger partial charge >= 0.3 is 0 Å². The summed E-state index contributed by atoms with van der Waals surface area (Å²) in [5.74, 6) is -0.197. The molecule has 1 aromatic rings. The molecule has 0 spiro atoms. The largest absolute Gasteiger partial charge is 0.368 e. The molecule has 0 saturated carbocycles. The molecule has 1 fully saturated rings. The second-order valence-electron chi connectivity index (χ2n) is 5.69. The summed E-state index contributed by atoms with van der Waals surface area (Å²) >= 11 is 0. The summed E-state index contributed by atoms with van der Waals surface area (Å²) in [6, 6.07) is 7.28. The maximum Gasteiger partial charge on any atom is 0.252 e. The number of carbonyl (C=O) groups is 2. The summed E-state index contributed by atoms with van der Waals surface area (Å²) in [6.45, 7) is 4.39. The van der Waals surface area contributed by atoms with Gasteiger partial charge in [-0.05, 0) is 50.6 Å². The molecule has 0 atom stereocenters. The highest BCUT2D eigenvalue weighted by Gasteiger charge is 2.39. The summed E-state index contributed by atoms with van der Waals surface area (Å²) in [5.41, 5.74) is 0.742. The minimum Gasteiger partial charge on any atom is -0.368 e. The Labute approximate surface area is 149 Å². The second-order valence-corrected chi connectivity index (χ2v) is 5.69. The Hall–Kier alpha value is -1.63. The quantitative estimate of drug-likeness (QED) is 0.717. The van der Waals surface area contributed by atoms with Gasteiger partial charge in [-0.15, -0.1) is 12.4 Å². The number of hydrogen-bond acceptors (Lipinski definition) is 4. The first kappa shape index (κ1) is 20.4. The minimum atomic E-state index is -0.748. The fourth-order valence-corrected chi connectivity index (χ4v) is 2.78. The van der Waals surface area contributed by atoms with Crippen LogP contribution in [-0.2, 0) is 16.1 Å². The zero-order valence-electron chi connectivity index (χ0n) is 14.2. The molecule has 134 valence electrons. The number of amides is 2. The summed E-state index contributed by atoms with van der Waals surface area (Å²) in [4.78, 5) is 24.4. The number of rotatable bonds is 6. The number of carbonyl (C=O) groups excluding carboxylic acids is 2. The molecule has 0 radical (unpaired) electrons. The molecule has 2 amide bonds. The molecule has 0 aliphatic carbocycles. The predicted molar refractivity (Wildman–Crippen MR) is 95.4 cm³/mol. The van der Waals surface area contributed by atoms with E-state index < -0.39 is 5.60 Å². The van der Waals surface area contributed by atoms with E-state index in [1.54, 1.807) is 19.2 Å². The fraction of sp³-hybridized carbons (Fsp3) is 0.529. The molecule has 0 bridgehead atoms. The maximum atomic E-state index is 12.5. The molecule has 1 aliphatic heterocycles. The molecule has 2 rings (SSSR count). The van der Waals surface area contributed by atoms with Gasteiger partial charge in [0.05, 0.1) is 0 Å². The molecule has 6 nitrogen and oxygen atoms in total. The fourth-order valence-electron chi connectivity index (χ4n) is 2.78. The molecule has 7 heteroatoms. The molecule has 1 saturated heterocycles. The monoisotopic (exact) mass is 355 g/mol. The third-order valence-electron chi connectivity index (χ3n) is 4.20. The number of benzene rings is 1. The smallest absolute Gasteiger partial charge is 0.252 e. The Bertz CT molecular complexity index is 560. The molecule has 1 aromatic carbocycles. The zero-order valence-corrected chi connectivity index (χ0v) is 15.0. The lowest BCUT2D eigenvalue weighted by Crippen LogP contribution is -2.53. The number of ether oxygens (including phenoxy) is 1. The van der Waals surface area contributed by atoms with E-state index in [1.807, 2.05) is 19.1 Å². The molecule has 24 heavy (non-hydrogen) atoms. The maximum absolute atomic E-state index is 12.5. The summed E-state index contributed by atoms with van der Waals surface area (Å²) < 4.78 is 5.51. The Morgan fingerprint density at radius 3 is 2.58 bits per heavy atom. The lowest BCUT2D eigenvalue weighted by atomic mass is 9.91. The van der Waals surface area contributed by atoms with Crippen molar-refractivity contribution < 1.29 is 14.3 Å². The zero-order chi connectivity index (χ0) is 16.7. The Morgan fingerprint density at radius 1 is 1.25 bits per heavy atom. The highest BCUT2D eigenvalue weighted by molar-refractivity contribution is 5.94. The van der Waals surface area contributed by atoms with Crippen molar-refractivity contribution in [3.63, 3.8) is 0 Å². The van der Waals surface area contributed by atoms with Gasteiger partial charge in [0, 0.05) is 25.8 Å². The molecule has 0 aromatic heterocycles.